The summed E-state index contributed by atoms with van der Waals surface area (Å²) in [5.41, 5.74) is 0. The molecule has 0 aliphatic heterocycles. The quantitative estimate of drug-likeness (QED) is 0.474. The summed E-state index contributed by atoms with van der Waals surface area (Å²) >= 11 is 0. The van der Waals surface area contributed by atoms with Crippen molar-refractivity contribution in [1.82, 2.24) is 0 Å². The molecule has 13 heavy (non-hydrogen) atoms. The van der Waals surface area contributed by atoms with Crippen molar-refractivity contribution in [3.8, 4) is 0 Å². The molecule has 0 saturated carbocycles. The third-order valence-corrected chi connectivity index (χ3v) is 0. The molecule has 0 radical (unpaired) electrons. The molecule has 0 rings (SSSR count). The molecule has 0 N–H and O–H groups in total. The first kappa shape index (κ1) is 29.2. The van der Waals surface area contributed by atoms with Gasteiger partial charge in [0.1, 0.15) is 0 Å². The number of hydrogen-bond donors (Lipinski definition) is 0. The van der Waals surface area contributed by atoms with E-state index in [4.69, 9.17) is 20.4 Å². The molecule has 0 aliphatic rings. The summed E-state index contributed by atoms with van der Waals surface area (Å²) in [5, 5.41) is 35.7. The van der Waals surface area contributed by atoms with Crippen molar-refractivity contribution in [3.63, 3.8) is 0 Å². The molecule has 0 aromatic rings. The summed E-state index contributed by atoms with van der Waals surface area (Å²) in [6.45, 7) is 6.28. The van der Waals surface area contributed by atoms with Crippen molar-refractivity contribution in [2.24, 2.45) is 0 Å². The second kappa shape index (κ2) is 81.2. The third-order valence-electron chi connectivity index (χ3n) is 0. The molecule has 0 aliphatic carbocycles. The standard InChI is InChI=1S/4C2H5O.W/c4*1-2-3;/h4*2H2,1H3;/q4*-1;. The van der Waals surface area contributed by atoms with Crippen LogP contribution in [0.25, 0.3) is 0 Å². The van der Waals surface area contributed by atoms with Crippen LogP contribution in [0.2, 0.25) is 0 Å². The molecule has 0 saturated heterocycles. The molecule has 0 spiro atoms. The molecule has 0 aromatic heterocycles. The van der Waals surface area contributed by atoms with Gasteiger partial charge in [-0.2, -0.15) is 0 Å². The summed E-state index contributed by atoms with van der Waals surface area (Å²) < 4.78 is 0. The maximum Gasteiger partial charge on any atom is 0 e. The summed E-state index contributed by atoms with van der Waals surface area (Å²) in [6.07, 6.45) is 0. The van der Waals surface area contributed by atoms with Gasteiger partial charge in [0.25, 0.3) is 0 Å². The normalized spacial score (nSPS) is 5.54. The van der Waals surface area contributed by atoms with E-state index in [1.807, 2.05) is 0 Å². The third kappa shape index (κ3) is 4980. The Morgan fingerprint density at radius 1 is 0.538 bits per heavy atom. The Kier molecular flexibility index (Phi) is 182. The fourth-order valence-electron chi connectivity index (χ4n) is 0. The first-order valence-corrected chi connectivity index (χ1v) is 3.98. The maximum atomic E-state index is 8.93. The summed E-state index contributed by atoms with van der Waals surface area (Å²) in [4.78, 5) is 0. The van der Waals surface area contributed by atoms with Crippen molar-refractivity contribution in [3.05, 3.63) is 0 Å². The SMILES string of the molecule is CC[O-].CC[O-].CC[O-].CC[O-].[W]. The predicted molar refractivity (Wildman–Crippen MR) is 42.2 cm³/mol. The van der Waals surface area contributed by atoms with Gasteiger partial charge in [0, 0.05) is 21.1 Å². The largest absolute Gasteiger partial charge is 0.855 e. The van der Waals surface area contributed by atoms with E-state index in [1.165, 1.54) is 0 Å². The van der Waals surface area contributed by atoms with E-state index in [9.17, 15) is 0 Å². The van der Waals surface area contributed by atoms with Crippen molar-refractivity contribution in [1.29, 1.82) is 0 Å². The topological polar surface area (TPSA) is 92.2 Å². The van der Waals surface area contributed by atoms with E-state index >= 15 is 0 Å². The van der Waals surface area contributed by atoms with Gasteiger partial charge in [-0.3, -0.25) is 0 Å². The molecule has 4 nitrogen and oxygen atoms in total. The minimum absolute atomic E-state index is 0. The Bertz CT molecular complexity index is 24.1. The van der Waals surface area contributed by atoms with E-state index in [0.717, 1.165) is 0 Å². The molecule has 0 bridgehead atoms. The van der Waals surface area contributed by atoms with Gasteiger partial charge in [-0.15, -0.1) is 26.4 Å². The molecular formula is C8H20O4W-4. The molecule has 0 atom stereocenters. The first-order chi connectivity index (χ1) is 5.66. The Morgan fingerprint density at radius 3 is 0.538 bits per heavy atom. The van der Waals surface area contributed by atoms with Gasteiger partial charge in [0.2, 0.25) is 0 Å². The summed E-state index contributed by atoms with van der Waals surface area (Å²) in [6, 6.07) is 0. The monoisotopic (exact) mass is 364 g/mol. The molecule has 0 aromatic carbocycles. The van der Waals surface area contributed by atoms with Crippen LogP contribution in [0, 0.1) is 0 Å². The maximum absolute atomic E-state index is 8.93. The summed E-state index contributed by atoms with van der Waals surface area (Å²) in [5.74, 6) is 0. The second-order valence-electron chi connectivity index (χ2n) is 1.15. The Balaban J connectivity index is -0.0000000213. The molecule has 0 fully saturated rings. The Labute approximate surface area is 95.9 Å². The molecule has 0 amide bonds. The minimum Gasteiger partial charge on any atom is -0.855 e. The number of hydrogen-bond acceptors (Lipinski definition) is 4. The van der Waals surface area contributed by atoms with Gasteiger partial charge in [-0.1, -0.05) is 27.7 Å². The minimum atomic E-state index is 0. The van der Waals surface area contributed by atoms with Gasteiger partial charge in [-0.05, 0) is 0 Å². The number of rotatable bonds is 0. The van der Waals surface area contributed by atoms with Gasteiger partial charge in [-0.25, -0.2) is 0 Å². The second-order valence-corrected chi connectivity index (χ2v) is 1.15. The molecule has 0 unspecified atom stereocenters. The van der Waals surface area contributed by atoms with Crippen LogP contribution in [0.15, 0.2) is 0 Å². The van der Waals surface area contributed by atoms with Crippen LogP contribution in [0.4, 0.5) is 0 Å². The van der Waals surface area contributed by atoms with Crippen LogP contribution in [0.3, 0.4) is 0 Å². The van der Waals surface area contributed by atoms with E-state index in [1.54, 1.807) is 27.7 Å². The van der Waals surface area contributed by atoms with E-state index in [-0.39, 0.29) is 47.5 Å². The fourth-order valence-corrected chi connectivity index (χ4v) is 0. The van der Waals surface area contributed by atoms with Gasteiger partial charge in [0.05, 0.1) is 0 Å². The zero-order chi connectivity index (χ0) is 10.8. The zero-order valence-electron chi connectivity index (χ0n) is 8.87. The predicted octanol–water partition coefficient (Wildman–Crippen LogP) is -2.54. The first-order valence-electron chi connectivity index (χ1n) is 3.98. The van der Waals surface area contributed by atoms with Crippen molar-refractivity contribution in [2.75, 3.05) is 26.4 Å². The zero-order valence-corrected chi connectivity index (χ0v) is 11.8. The molecule has 86 valence electrons. The molecule has 0 heterocycles. The Morgan fingerprint density at radius 2 is 0.538 bits per heavy atom. The Hall–Kier alpha value is 0.528. The van der Waals surface area contributed by atoms with Gasteiger partial charge >= 0.3 is 0 Å². The van der Waals surface area contributed by atoms with Crippen molar-refractivity contribution in [2.45, 2.75) is 27.7 Å². The van der Waals surface area contributed by atoms with Crippen LogP contribution < -0.4 is 20.4 Å². The fraction of sp³-hybridized carbons (Fsp3) is 1.00. The van der Waals surface area contributed by atoms with Gasteiger partial charge in [0.15, 0.2) is 0 Å². The van der Waals surface area contributed by atoms with Crippen LogP contribution in [-0.2, 0) is 21.1 Å². The average Bonchev–Trinajstić information content (AvgIpc) is 1.92. The van der Waals surface area contributed by atoms with Crippen LogP contribution in [-0.4, -0.2) is 26.4 Å². The average molecular weight is 364 g/mol. The van der Waals surface area contributed by atoms with E-state index in [2.05, 4.69) is 0 Å². The van der Waals surface area contributed by atoms with Crippen LogP contribution in [0.1, 0.15) is 27.7 Å². The molecular weight excluding hydrogens is 344 g/mol. The van der Waals surface area contributed by atoms with E-state index in [0.29, 0.717) is 0 Å². The van der Waals surface area contributed by atoms with Crippen LogP contribution >= 0.6 is 0 Å². The van der Waals surface area contributed by atoms with Crippen molar-refractivity contribution < 1.29 is 41.5 Å². The summed E-state index contributed by atoms with van der Waals surface area (Å²) in [7, 11) is 0. The van der Waals surface area contributed by atoms with Crippen molar-refractivity contribution >= 4 is 0 Å². The molecule has 5 heteroatoms. The van der Waals surface area contributed by atoms with E-state index < -0.39 is 0 Å². The smallest absolute Gasteiger partial charge is 0 e. The van der Waals surface area contributed by atoms with Gasteiger partial charge < -0.3 is 20.4 Å². The van der Waals surface area contributed by atoms with Crippen LogP contribution in [0.5, 0.6) is 0 Å².